The van der Waals surface area contributed by atoms with E-state index >= 15 is 8.78 Å². The van der Waals surface area contributed by atoms with Gasteiger partial charge in [-0.15, -0.1) is 12.4 Å². The summed E-state index contributed by atoms with van der Waals surface area (Å²) in [6.07, 6.45) is 0. The lowest BCUT2D eigenvalue weighted by Gasteiger charge is -2.21. The van der Waals surface area contributed by atoms with Gasteiger partial charge in [0.15, 0.2) is 11.5 Å². The number of anilines is 1. The molecular weight excluding hydrogens is 538 g/mol. The number of aliphatic carboxylic acids is 1. The van der Waals surface area contributed by atoms with Crippen molar-refractivity contribution in [1.82, 2.24) is 9.88 Å². The lowest BCUT2D eigenvalue weighted by molar-refractivity contribution is -0.135. The van der Waals surface area contributed by atoms with E-state index in [4.69, 9.17) is 25.7 Å². The van der Waals surface area contributed by atoms with Crippen LogP contribution in [0.25, 0.3) is 0 Å². The molecule has 11 nitrogen and oxygen atoms in total. The molecule has 0 saturated heterocycles. The first kappa shape index (κ1) is 28.9. The average molecular weight is 563 g/mol. The molecule has 1 aliphatic heterocycles. The summed E-state index contributed by atoms with van der Waals surface area (Å²) >= 11 is 0. The number of pyridine rings is 1. The third-order valence-electron chi connectivity index (χ3n) is 5.59. The SMILES string of the molecule is CN1CCN=C1c1cccc(Oc2nc(Oc3cc(C(=N)N)ccc3O)c(F)c(N(C)CC(=O)O)c2F)c1.Cl. The number of benzene rings is 2. The van der Waals surface area contributed by atoms with Crippen molar-refractivity contribution in [2.24, 2.45) is 10.7 Å². The fourth-order valence-electron chi connectivity index (χ4n) is 3.76. The summed E-state index contributed by atoms with van der Waals surface area (Å²) < 4.78 is 42.1. The number of carboxylic acids is 1. The number of aromatic nitrogens is 1. The van der Waals surface area contributed by atoms with Gasteiger partial charge in [0.2, 0.25) is 11.6 Å². The van der Waals surface area contributed by atoms with Crippen molar-refractivity contribution in [2.45, 2.75) is 0 Å². The number of aromatic hydroxyl groups is 1. The fourth-order valence-corrected chi connectivity index (χ4v) is 3.76. The summed E-state index contributed by atoms with van der Waals surface area (Å²) in [5.74, 6) is -5.66. The maximum atomic E-state index is 15.5. The van der Waals surface area contributed by atoms with Crippen LogP contribution in [0.15, 0.2) is 47.5 Å². The molecule has 2 heterocycles. The quantitative estimate of drug-likeness (QED) is 0.226. The van der Waals surface area contributed by atoms with Crippen molar-refractivity contribution < 1.29 is 33.3 Å². The number of phenolic OH excluding ortho intramolecular Hbond substituents is 1. The number of nitrogens with zero attached hydrogens (tertiary/aromatic N) is 4. The number of nitrogens with two attached hydrogens (primary N) is 1. The number of halogens is 3. The molecule has 5 N–H and O–H groups in total. The minimum Gasteiger partial charge on any atom is -0.504 e. The van der Waals surface area contributed by atoms with Crippen LogP contribution in [0.5, 0.6) is 29.0 Å². The average Bonchev–Trinajstić information content (AvgIpc) is 3.29. The summed E-state index contributed by atoms with van der Waals surface area (Å²) in [5, 5.41) is 26.9. The van der Waals surface area contributed by atoms with E-state index in [2.05, 4.69) is 9.98 Å². The largest absolute Gasteiger partial charge is 0.504 e. The predicted octanol–water partition coefficient (Wildman–Crippen LogP) is 3.57. The van der Waals surface area contributed by atoms with E-state index in [-0.39, 0.29) is 35.3 Å². The molecule has 206 valence electrons. The number of rotatable bonds is 9. The van der Waals surface area contributed by atoms with Crippen molar-refractivity contribution in [3.05, 3.63) is 65.2 Å². The van der Waals surface area contributed by atoms with E-state index in [1.807, 2.05) is 11.9 Å². The first-order valence-electron chi connectivity index (χ1n) is 11.3. The van der Waals surface area contributed by atoms with Crippen LogP contribution in [-0.2, 0) is 4.79 Å². The Bertz CT molecular complexity index is 1450. The van der Waals surface area contributed by atoms with Crippen LogP contribution in [0.3, 0.4) is 0 Å². The Morgan fingerprint density at radius 2 is 1.87 bits per heavy atom. The highest BCUT2D eigenvalue weighted by Crippen LogP contribution is 2.39. The monoisotopic (exact) mass is 562 g/mol. The van der Waals surface area contributed by atoms with Gasteiger partial charge in [0, 0.05) is 31.8 Å². The maximum Gasteiger partial charge on any atom is 0.323 e. The number of aliphatic imine (C=N–C) groups is 1. The molecule has 4 rings (SSSR count). The second-order valence-electron chi connectivity index (χ2n) is 8.40. The van der Waals surface area contributed by atoms with Crippen LogP contribution in [0.4, 0.5) is 14.5 Å². The van der Waals surface area contributed by atoms with Gasteiger partial charge in [-0.05, 0) is 30.3 Å². The summed E-state index contributed by atoms with van der Waals surface area (Å²) in [5.41, 5.74) is 5.57. The molecule has 0 fully saturated rings. The van der Waals surface area contributed by atoms with Gasteiger partial charge in [-0.25, -0.2) is 0 Å². The van der Waals surface area contributed by atoms with E-state index in [0.717, 1.165) is 17.3 Å². The summed E-state index contributed by atoms with van der Waals surface area (Å²) in [6, 6.07) is 10.3. The van der Waals surface area contributed by atoms with Crippen LogP contribution >= 0.6 is 12.4 Å². The van der Waals surface area contributed by atoms with Gasteiger partial charge >= 0.3 is 5.97 Å². The highest BCUT2D eigenvalue weighted by atomic mass is 35.5. The smallest absolute Gasteiger partial charge is 0.323 e. The van der Waals surface area contributed by atoms with Crippen LogP contribution < -0.4 is 20.1 Å². The van der Waals surface area contributed by atoms with E-state index in [1.54, 1.807) is 18.2 Å². The zero-order valence-corrected chi connectivity index (χ0v) is 21.6. The van der Waals surface area contributed by atoms with Crippen molar-refractivity contribution in [1.29, 1.82) is 5.41 Å². The van der Waals surface area contributed by atoms with Gasteiger partial charge in [0.1, 0.15) is 29.7 Å². The van der Waals surface area contributed by atoms with E-state index in [1.165, 1.54) is 31.3 Å². The molecule has 0 unspecified atom stereocenters. The zero-order chi connectivity index (χ0) is 27.6. The van der Waals surface area contributed by atoms with Crippen LogP contribution in [-0.4, -0.2) is 71.5 Å². The number of likely N-dealkylation sites (N-methyl/N-ethyl adjacent to an activating group) is 2. The van der Waals surface area contributed by atoms with Crippen molar-refractivity contribution in [2.75, 3.05) is 38.6 Å². The van der Waals surface area contributed by atoms with Gasteiger partial charge in [-0.1, -0.05) is 12.1 Å². The van der Waals surface area contributed by atoms with Crippen LogP contribution in [0.2, 0.25) is 0 Å². The Kier molecular flexibility index (Phi) is 8.76. The summed E-state index contributed by atoms with van der Waals surface area (Å²) in [4.78, 5) is 22.3. The van der Waals surface area contributed by atoms with Gasteiger partial charge in [-0.2, -0.15) is 13.8 Å². The van der Waals surface area contributed by atoms with Gasteiger partial charge in [0.25, 0.3) is 11.8 Å². The number of carboxylic acid groups (broad SMARTS) is 1. The lowest BCUT2D eigenvalue weighted by Crippen LogP contribution is -2.27. The first-order valence-corrected chi connectivity index (χ1v) is 11.3. The topological polar surface area (TPSA) is 158 Å². The Balaban J connectivity index is 0.00000420. The number of hydrogen-bond acceptors (Lipinski definition) is 9. The molecule has 0 aliphatic carbocycles. The molecule has 1 aliphatic rings. The van der Waals surface area contributed by atoms with E-state index in [0.29, 0.717) is 12.1 Å². The zero-order valence-electron chi connectivity index (χ0n) is 20.8. The highest BCUT2D eigenvalue weighted by molar-refractivity contribution is 6.00. The van der Waals surface area contributed by atoms with Gasteiger partial charge in [0.05, 0.1) is 6.54 Å². The number of hydrogen-bond donors (Lipinski definition) is 4. The lowest BCUT2D eigenvalue weighted by atomic mass is 10.2. The van der Waals surface area contributed by atoms with Crippen LogP contribution in [0, 0.1) is 17.0 Å². The minimum atomic E-state index is -1.34. The molecule has 39 heavy (non-hydrogen) atoms. The Hall–Kier alpha value is -4.65. The Labute approximate surface area is 228 Å². The van der Waals surface area contributed by atoms with E-state index < -0.39 is 47.3 Å². The standard InChI is InChI=1S/C25H24F2N6O5.ClH/c1-32-9-8-30-23(32)14-4-3-5-15(10-14)37-24-19(26)21(33(2)12-18(35)36)20(27)25(31-24)38-17-11-13(22(28)29)6-7-16(17)34;/h3-7,10-11,34H,8-9,12H2,1-2H3,(H3,28,29)(H,35,36);1H. The van der Waals surface area contributed by atoms with Crippen molar-refractivity contribution in [3.63, 3.8) is 0 Å². The molecule has 3 aromatic rings. The Morgan fingerprint density at radius 3 is 2.49 bits per heavy atom. The summed E-state index contributed by atoms with van der Waals surface area (Å²) in [7, 11) is 3.05. The summed E-state index contributed by atoms with van der Waals surface area (Å²) in [6.45, 7) is 0.623. The third-order valence-corrected chi connectivity index (χ3v) is 5.59. The number of nitrogens with one attached hydrogen (secondary N) is 1. The molecule has 0 spiro atoms. The van der Waals surface area contributed by atoms with Gasteiger partial charge < -0.3 is 35.2 Å². The molecule has 2 aromatic carbocycles. The number of ether oxygens (including phenoxy) is 2. The highest BCUT2D eigenvalue weighted by Gasteiger charge is 2.28. The molecule has 0 radical (unpaired) electrons. The predicted molar refractivity (Wildman–Crippen MR) is 142 cm³/mol. The molecular formula is C25H25ClF2N6O5. The normalized spacial score (nSPS) is 12.4. The van der Waals surface area contributed by atoms with Gasteiger partial charge in [-0.3, -0.25) is 15.2 Å². The fraction of sp³-hybridized carbons (Fsp3) is 0.200. The van der Waals surface area contributed by atoms with Crippen molar-refractivity contribution >= 4 is 35.7 Å². The second kappa shape index (κ2) is 11.8. The Morgan fingerprint density at radius 1 is 1.18 bits per heavy atom. The third kappa shape index (κ3) is 6.26. The van der Waals surface area contributed by atoms with Crippen LogP contribution in [0.1, 0.15) is 11.1 Å². The number of nitrogen functional groups attached to an aromatic ring is 1. The number of carbonyl (C=O) groups is 1. The molecule has 0 saturated carbocycles. The van der Waals surface area contributed by atoms with E-state index in [9.17, 15) is 9.90 Å². The maximum absolute atomic E-state index is 15.5. The second-order valence-corrected chi connectivity index (χ2v) is 8.40. The molecule has 0 bridgehead atoms. The van der Waals surface area contributed by atoms with Crippen molar-refractivity contribution in [3.8, 4) is 29.0 Å². The number of amidine groups is 2. The molecule has 1 aromatic heterocycles. The minimum absolute atomic E-state index is 0. The first-order chi connectivity index (χ1) is 18.0. The molecule has 0 atom stereocenters. The number of phenols is 1. The molecule has 0 amide bonds. The molecule has 14 heteroatoms.